The minimum Gasteiger partial charge on any atom is -0.477 e. The third-order valence-corrected chi connectivity index (χ3v) is 5.36. The molecule has 3 N–H and O–H groups in total. The predicted molar refractivity (Wildman–Crippen MR) is 103 cm³/mol. The average Bonchev–Trinajstić information content (AvgIpc) is 3.24. The summed E-state index contributed by atoms with van der Waals surface area (Å²) in [5.41, 5.74) is 1.99. The van der Waals surface area contributed by atoms with Gasteiger partial charge in [0.25, 0.3) is 5.91 Å². The number of carbonyl (C=O) groups is 3. The highest BCUT2D eigenvalue weighted by Gasteiger charge is 2.56. The molecular formula is C20H20N4O5. The Morgan fingerprint density at radius 3 is 2.52 bits per heavy atom. The number of fused-ring (bicyclic) bond motifs is 1. The lowest BCUT2D eigenvalue weighted by Gasteiger charge is -2.44. The summed E-state index contributed by atoms with van der Waals surface area (Å²) in [6, 6.07) is 6.42. The van der Waals surface area contributed by atoms with E-state index in [1.807, 2.05) is 0 Å². The van der Waals surface area contributed by atoms with Crippen LogP contribution in [-0.2, 0) is 16.6 Å². The maximum absolute atomic E-state index is 12.3. The Morgan fingerprint density at radius 1 is 1.28 bits per heavy atom. The van der Waals surface area contributed by atoms with E-state index in [4.69, 9.17) is 0 Å². The molecule has 3 heterocycles. The molecule has 2 aliphatic heterocycles. The molecule has 0 aliphatic carbocycles. The SMILES string of the molecule is C[C@@H](O)[C@H]1C(=O)N2C(C(=O)O)=C(c3ccc(NC(=O)c4cn(C)cn4)cc3)C[C@H]12. The molecule has 29 heavy (non-hydrogen) atoms. The molecule has 0 radical (unpaired) electrons. The number of hydrogen-bond donors (Lipinski definition) is 3. The van der Waals surface area contributed by atoms with Gasteiger partial charge in [-0.25, -0.2) is 9.78 Å². The molecule has 2 amide bonds. The number of imidazole rings is 1. The van der Waals surface area contributed by atoms with Gasteiger partial charge in [0.05, 0.1) is 24.4 Å². The molecule has 1 aromatic heterocycles. The van der Waals surface area contributed by atoms with Gasteiger partial charge in [-0.2, -0.15) is 0 Å². The fourth-order valence-electron chi connectivity index (χ4n) is 4.01. The van der Waals surface area contributed by atoms with Crippen molar-refractivity contribution < 1.29 is 24.6 Å². The number of aliphatic hydroxyl groups is 1. The average molecular weight is 396 g/mol. The van der Waals surface area contributed by atoms with Crippen LogP contribution >= 0.6 is 0 Å². The van der Waals surface area contributed by atoms with Crippen molar-refractivity contribution in [2.24, 2.45) is 13.0 Å². The van der Waals surface area contributed by atoms with Gasteiger partial charge in [0, 0.05) is 18.9 Å². The minimum absolute atomic E-state index is 0.0397. The van der Waals surface area contributed by atoms with Crippen molar-refractivity contribution >= 4 is 29.0 Å². The Morgan fingerprint density at radius 2 is 1.97 bits per heavy atom. The zero-order chi connectivity index (χ0) is 20.9. The molecule has 2 aromatic rings. The maximum atomic E-state index is 12.3. The van der Waals surface area contributed by atoms with Crippen molar-refractivity contribution in [3.05, 3.63) is 53.7 Å². The molecular weight excluding hydrogens is 376 g/mol. The minimum atomic E-state index is -1.17. The summed E-state index contributed by atoms with van der Waals surface area (Å²) in [4.78, 5) is 41.6. The van der Waals surface area contributed by atoms with Crippen LogP contribution in [0.3, 0.4) is 0 Å². The van der Waals surface area contributed by atoms with Crippen molar-refractivity contribution in [1.29, 1.82) is 0 Å². The summed E-state index contributed by atoms with van der Waals surface area (Å²) in [6.07, 6.45) is 2.67. The number of aromatic nitrogens is 2. The first kappa shape index (κ1) is 18.9. The molecule has 150 valence electrons. The summed E-state index contributed by atoms with van der Waals surface area (Å²) in [7, 11) is 1.77. The number of benzene rings is 1. The lowest BCUT2D eigenvalue weighted by atomic mass is 9.82. The summed E-state index contributed by atoms with van der Waals surface area (Å²) in [5, 5.41) is 22.2. The highest BCUT2D eigenvalue weighted by atomic mass is 16.4. The molecule has 0 unspecified atom stereocenters. The zero-order valence-corrected chi connectivity index (χ0v) is 15.9. The second kappa shape index (κ2) is 6.85. The largest absolute Gasteiger partial charge is 0.477 e. The van der Waals surface area contributed by atoms with E-state index in [9.17, 15) is 24.6 Å². The second-order valence-electron chi connectivity index (χ2n) is 7.33. The lowest BCUT2D eigenvalue weighted by molar-refractivity contribution is -0.161. The summed E-state index contributed by atoms with van der Waals surface area (Å²) < 4.78 is 1.67. The highest BCUT2D eigenvalue weighted by molar-refractivity contribution is 6.06. The van der Waals surface area contributed by atoms with Gasteiger partial charge in [-0.1, -0.05) is 12.1 Å². The van der Waals surface area contributed by atoms with Gasteiger partial charge in [0.1, 0.15) is 11.4 Å². The van der Waals surface area contributed by atoms with Crippen molar-refractivity contribution in [1.82, 2.24) is 14.5 Å². The Labute approximate surface area is 166 Å². The lowest BCUT2D eigenvalue weighted by Crippen LogP contribution is -2.61. The van der Waals surface area contributed by atoms with Crippen LogP contribution in [-0.4, -0.2) is 54.6 Å². The molecule has 9 heteroatoms. The van der Waals surface area contributed by atoms with Crippen molar-refractivity contribution in [2.45, 2.75) is 25.5 Å². The smallest absolute Gasteiger partial charge is 0.352 e. The third kappa shape index (κ3) is 3.09. The van der Waals surface area contributed by atoms with Gasteiger partial charge >= 0.3 is 5.97 Å². The Kier molecular flexibility index (Phi) is 4.46. The van der Waals surface area contributed by atoms with E-state index in [1.54, 1.807) is 42.1 Å². The van der Waals surface area contributed by atoms with E-state index in [-0.39, 0.29) is 29.2 Å². The van der Waals surface area contributed by atoms with Gasteiger partial charge < -0.3 is 25.0 Å². The van der Waals surface area contributed by atoms with E-state index < -0.39 is 18.0 Å². The Bertz CT molecular complexity index is 1040. The van der Waals surface area contributed by atoms with Gasteiger partial charge in [0.15, 0.2) is 0 Å². The van der Waals surface area contributed by atoms with Crippen LogP contribution < -0.4 is 5.32 Å². The molecule has 9 nitrogen and oxygen atoms in total. The molecule has 0 bridgehead atoms. The Hall–Kier alpha value is -3.46. The molecule has 3 atom stereocenters. The highest BCUT2D eigenvalue weighted by Crippen LogP contribution is 2.46. The zero-order valence-electron chi connectivity index (χ0n) is 15.9. The van der Waals surface area contributed by atoms with E-state index in [2.05, 4.69) is 10.3 Å². The predicted octanol–water partition coefficient (Wildman–Crippen LogP) is 1.08. The van der Waals surface area contributed by atoms with Crippen LogP contribution in [0.4, 0.5) is 5.69 Å². The summed E-state index contributed by atoms with van der Waals surface area (Å²) in [6.45, 7) is 1.54. The fourth-order valence-corrected chi connectivity index (χ4v) is 4.01. The second-order valence-corrected chi connectivity index (χ2v) is 7.33. The number of carboxylic acid groups (broad SMARTS) is 1. The standard InChI is InChI=1S/C20H20N4O5/c1-10(25)16-15-7-13(17(20(28)29)24(15)19(16)27)11-3-5-12(6-4-11)22-18(26)14-8-23(2)9-21-14/h3-6,8-10,15-16,25H,7H2,1-2H3,(H,22,26)(H,28,29)/t10-,15-,16-/m1/s1. The van der Waals surface area contributed by atoms with Crippen LogP contribution in [0.25, 0.3) is 5.57 Å². The molecule has 4 rings (SSSR count). The molecule has 0 saturated carbocycles. The van der Waals surface area contributed by atoms with E-state index in [1.165, 1.54) is 18.2 Å². The number of anilines is 1. The van der Waals surface area contributed by atoms with Crippen molar-refractivity contribution in [3.63, 3.8) is 0 Å². The maximum Gasteiger partial charge on any atom is 0.352 e. The first-order chi connectivity index (χ1) is 13.8. The van der Waals surface area contributed by atoms with Crippen LogP contribution in [0, 0.1) is 5.92 Å². The molecule has 0 spiro atoms. The number of carbonyl (C=O) groups excluding carboxylic acids is 2. The Balaban J connectivity index is 1.56. The summed E-state index contributed by atoms with van der Waals surface area (Å²) in [5.74, 6) is -2.47. The van der Waals surface area contributed by atoms with Crippen LogP contribution in [0.15, 0.2) is 42.5 Å². The number of nitrogens with one attached hydrogen (secondary N) is 1. The fraction of sp³-hybridized carbons (Fsp3) is 0.300. The van der Waals surface area contributed by atoms with Crippen LogP contribution in [0.5, 0.6) is 0 Å². The van der Waals surface area contributed by atoms with E-state index in [0.29, 0.717) is 23.2 Å². The van der Waals surface area contributed by atoms with Crippen molar-refractivity contribution in [3.8, 4) is 0 Å². The number of amides is 2. The molecule has 2 aliphatic rings. The number of carboxylic acids is 1. The number of rotatable bonds is 5. The van der Waals surface area contributed by atoms with Gasteiger partial charge in [-0.15, -0.1) is 0 Å². The monoisotopic (exact) mass is 396 g/mol. The van der Waals surface area contributed by atoms with Gasteiger partial charge in [-0.05, 0) is 36.6 Å². The number of aliphatic carboxylic acids is 1. The molecule has 1 aromatic carbocycles. The summed E-state index contributed by atoms with van der Waals surface area (Å²) >= 11 is 0. The normalized spacial score (nSPS) is 21.6. The first-order valence-electron chi connectivity index (χ1n) is 9.15. The van der Waals surface area contributed by atoms with E-state index >= 15 is 0 Å². The van der Waals surface area contributed by atoms with Gasteiger partial charge in [-0.3, -0.25) is 9.59 Å². The molecule has 1 fully saturated rings. The number of aryl methyl sites for hydroxylation is 1. The topological polar surface area (TPSA) is 125 Å². The van der Waals surface area contributed by atoms with Gasteiger partial charge in [0.2, 0.25) is 5.91 Å². The number of β-lactam (4-membered cyclic amide) rings is 1. The van der Waals surface area contributed by atoms with Crippen molar-refractivity contribution in [2.75, 3.05) is 5.32 Å². The quantitative estimate of drug-likeness (QED) is 0.650. The molecule has 1 saturated heterocycles. The number of aliphatic hydroxyl groups excluding tert-OH is 1. The number of hydrogen-bond acceptors (Lipinski definition) is 5. The van der Waals surface area contributed by atoms with E-state index in [0.717, 1.165) is 0 Å². The van der Waals surface area contributed by atoms with Crippen LogP contribution in [0.2, 0.25) is 0 Å². The third-order valence-electron chi connectivity index (χ3n) is 5.36. The first-order valence-corrected chi connectivity index (χ1v) is 9.15. The number of nitrogens with zero attached hydrogens (tertiary/aromatic N) is 3. The van der Waals surface area contributed by atoms with Crippen LogP contribution in [0.1, 0.15) is 29.4 Å².